The summed E-state index contributed by atoms with van der Waals surface area (Å²) >= 11 is 0. The number of anilines is 1. The lowest BCUT2D eigenvalue weighted by Gasteiger charge is -2.24. The van der Waals surface area contributed by atoms with Crippen molar-refractivity contribution >= 4 is 5.69 Å². The van der Waals surface area contributed by atoms with Crippen molar-refractivity contribution < 1.29 is 5.11 Å². The fourth-order valence-corrected chi connectivity index (χ4v) is 1.72. The van der Waals surface area contributed by atoms with Crippen molar-refractivity contribution in [1.29, 1.82) is 5.26 Å². The van der Waals surface area contributed by atoms with Crippen molar-refractivity contribution in [2.24, 2.45) is 0 Å². The minimum atomic E-state index is -0.579. The molecule has 0 spiro atoms. The van der Waals surface area contributed by atoms with Gasteiger partial charge in [0, 0.05) is 17.8 Å². The number of benzene rings is 1. The normalized spacial score (nSPS) is 11.4. The first-order valence-electron chi connectivity index (χ1n) is 5.54. The van der Waals surface area contributed by atoms with E-state index in [2.05, 4.69) is 12.0 Å². The summed E-state index contributed by atoms with van der Waals surface area (Å²) in [4.78, 5) is 1.96. The van der Waals surface area contributed by atoms with Crippen LogP contribution in [0.4, 0.5) is 5.69 Å². The van der Waals surface area contributed by atoms with Crippen molar-refractivity contribution in [2.45, 2.75) is 20.0 Å². The van der Waals surface area contributed by atoms with Crippen molar-refractivity contribution in [3.63, 3.8) is 0 Å². The number of hydrogen-bond donors (Lipinski definition) is 1. The Morgan fingerprint density at radius 1 is 1.53 bits per heavy atom. The maximum absolute atomic E-state index is 9.72. The van der Waals surface area contributed by atoms with Gasteiger partial charge < -0.3 is 10.0 Å². The molecular formula is C14H16N2O. The second-order valence-electron chi connectivity index (χ2n) is 3.78. The van der Waals surface area contributed by atoms with Gasteiger partial charge in [-0.2, -0.15) is 5.26 Å². The summed E-state index contributed by atoms with van der Waals surface area (Å²) in [5.41, 5.74) is 2.19. The highest BCUT2D eigenvalue weighted by Gasteiger charge is 2.13. The van der Waals surface area contributed by atoms with Crippen LogP contribution in [0.15, 0.2) is 18.2 Å². The van der Waals surface area contributed by atoms with E-state index in [4.69, 9.17) is 11.7 Å². The molecule has 0 unspecified atom stereocenters. The Kier molecular flexibility index (Phi) is 4.57. The van der Waals surface area contributed by atoms with Crippen LogP contribution in [-0.2, 0) is 0 Å². The zero-order chi connectivity index (χ0) is 12.8. The standard InChI is InChI=1S/C14H16N2O/c1-4-8-16(5-2)14-9-12(10-15)6-7-13(14)11(3)17/h1,6-7,9,11,17H,5,8H2,2-3H3/t11-/m0/s1. The summed E-state index contributed by atoms with van der Waals surface area (Å²) in [6.07, 6.45) is 4.74. The highest BCUT2D eigenvalue weighted by Crippen LogP contribution is 2.27. The lowest BCUT2D eigenvalue weighted by Crippen LogP contribution is -2.24. The van der Waals surface area contributed by atoms with Crippen LogP contribution in [0.5, 0.6) is 0 Å². The molecule has 3 nitrogen and oxygen atoms in total. The van der Waals surface area contributed by atoms with Gasteiger partial charge in [-0.15, -0.1) is 6.42 Å². The summed E-state index contributed by atoms with van der Waals surface area (Å²) < 4.78 is 0. The van der Waals surface area contributed by atoms with Crippen molar-refractivity contribution in [2.75, 3.05) is 18.0 Å². The molecule has 88 valence electrons. The molecule has 0 saturated carbocycles. The minimum Gasteiger partial charge on any atom is -0.389 e. The number of aliphatic hydroxyl groups is 1. The van der Waals surface area contributed by atoms with E-state index in [0.29, 0.717) is 12.1 Å². The van der Waals surface area contributed by atoms with Crippen molar-refractivity contribution in [3.8, 4) is 18.4 Å². The van der Waals surface area contributed by atoms with Crippen LogP contribution in [-0.4, -0.2) is 18.2 Å². The zero-order valence-electron chi connectivity index (χ0n) is 10.1. The largest absolute Gasteiger partial charge is 0.389 e. The highest BCUT2D eigenvalue weighted by atomic mass is 16.3. The number of hydrogen-bond acceptors (Lipinski definition) is 3. The number of rotatable bonds is 4. The SMILES string of the molecule is C#CCN(CC)c1cc(C#N)ccc1[C@H](C)O. The molecule has 1 N–H and O–H groups in total. The molecule has 0 aliphatic carbocycles. The van der Waals surface area contributed by atoms with Gasteiger partial charge in [-0.1, -0.05) is 12.0 Å². The van der Waals surface area contributed by atoms with Gasteiger partial charge in [0.05, 0.1) is 24.3 Å². The van der Waals surface area contributed by atoms with Crippen molar-refractivity contribution in [3.05, 3.63) is 29.3 Å². The summed E-state index contributed by atoms with van der Waals surface area (Å²) in [7, 11) is 0. The molecule has 1 aromatic rings. The van der Waals surface area contributed by atoms with E-state index in [9.17, 15) is 5.11 Å². The first-order valence-corrected chi connectivity index (χ1v) is 5.54. The van der Waals surface area contributed by atoms with Crippen molar-refractivity contribution in [1.82, 2.24) is 0 Å². The molecular weight excluding hydrogens is 212 g/mol. The summed E-state index contributed by atoms with van der Waals surface area (Å²) in [5.74, 6) is 2.58. The first-order chi connectivity index (χ1) is 8.13. The Hall–Kier alpha value is -1.97. The molecule has 0 aliphatic heterocycles. The van der Waals surface area contributed by atoms with E-state index < -0.39 is 6.10 Å². The van der Waals surface area contributed by atoms with Crippen LogP contribution in [0, 0.1) is 23.7 Å². The lowest BCUT2D eigenvalue weighted by molar-refractivity contribution is 0.199. The Labute approximate surface area is 102 Å². The van der Waals surface area contributed by atoms with Crippen LogP contribution in [0.3, 0.4) is 0 Å². The lowest BCUT2D eigenvalue weighted by atomic mass is 10.0. The molecule has 0 bridgehead atoms. The molecule has 17 heavy (non-hydrogen) atoms. The van der Waals surface area contributed by atoms with Crippen LogP contribution in [0.25, 0.3) is 0 Å². The Balaban J connectivity index is 3.26. The smallest absolute Gasteiger partial charge is 0.0992 e. The van der Waals surface area contributed by atoms with Gasteiger partial charge in [-0.3, -0.25) is 0 Å². The number of terminal acetylenes is 1. The van der Waals surface area contributed by atoms with Crippen LogP contribution >= 0.6 is 0 Å². The number of nitrogens with zero attached hydrogens (tertiary/aromatic N) is 2. The third-order valence-electron chi connectivity index (χ3n) is 2.61. The monoisotopic (exact) mass is 228 g/mol. The van der Waals surface area contributed by atoms with Gasteiger partial charge >= 0.3 is 0 Å². The fraction of sp³-hybridized carbons (Fsp3) is 0.357. The van der Waals surface area contributed by atoms with Crippen LogP contribution in [0.1, 0.15) is 31.1 Å². The minimum absolute atomic E-state index is 0.463. The van der Waals surface area contributed by atoms with Gasteiger partial charge in [-0.25, -0.2) is 0 Å². The van der Waals surface area contributed by atoms with Gasteiger partial charge in [0.15, 0.2) is 0 Å². The second-order valence-corrected chi connectivity index (χ2v) is 3.78. The number of aliphatic hydroxyl groups excluding tert-OH is 1. The summed E-state index contributed by atoms with van der Waals surface area (Å²) in [6.45, 7) is 4.89. The van der Waals surface area contributed by atoms with E-state index in [-0.39, 0.29) is 0 Å². The van der Waals surface area contributed by atoms with Gasteiger partial charge in [0.2, 0.25) is 0 Å². The summed E-state index contributed by atoms with van der Waals surface area (Å²) in [6, 6.07) is 7.34. The average molecular weight is 228 g/mol. The molecule has 1 atom stereocenters. The maximum Gasteiger partial charge on any atom is 0.0992 e. The molecule has 0 amide bonds. The van der Waals surface area contributed by atoms with E-state index in [1.807, 2.05) is 11.8 Å². The topological polar surface area (TPSA) is 47.3 Å². The predicted molar refractivity (Wildman–Crippen MR) is 68.5 cm³/mol. The molecule has 0 aliphatic rings. The Bertz CT molecular complexity index is 466. The maximum atomic E-state index is 9.72. The van der Waals surface area contributed by atoms with Gasteiger partial charge in [-0.05, 0) is 26.0 Å². The fourth-order valence-electron chi connectivity index (χ4n) is 1.72. The Morgan fingerprint density at radius 2 is 2.24 bits per heavy atom. The van der Waals surface area contributed by atoms with E-state index in [1.165, 1.54) is 0 Å². The highest BCUT2D eigenvalue weighted by molar-refractivity contribution is 5.59. The van der Waals surface area contributed by atoms with Crippen LogP contribution in [0.2, 0.25) is 0 Å². The average Bonchev–Trinajstić information content (AvgIpc) is 2.35. The number of nitriles is 1. The first kappa shape index (κ1) is 13.1. The quantitative estimate of drug-likeness (QED) is 0.802. The molecule has 0 fully saturated rings. The van der Waals surface area contributed by atoms with E-state index in [1.54, 1.807) is 25.1 Å². The molecule has 1 rings (SSSR count). The molecule has 3 heteroatoms. The zero-order valence-corrected chi connectivity index (χ0v) is 10.1. The molecule has 0 saturated heterocycles. The second kappa shape index (κ2) is 5.94. The molecule has 0 heterocycles. The summed E-state index contributed by atoms with van der Waals surface area (Å²) in [5, 5.41) is 18.6. The Morgan fingerprint density at radius 3 is 2.71 bits per heavy atom. The van der Waals surface area contributed by atoms with Gasteiger partial charge in [0.1, 0.15) is 0 Å². The van der Waals surface area contributed by atoms with E-state index >= 15 is 0 Å². The third-order valence-corrected chi connectivity index (χ3v) is 2.61. The van der Waals surface area contributed by atoms with E-state index in [0.717, 1.165) is 17.8 Å². The third kappa shape index (κ3) is 3.00. The molecule has 0 radical (unpaired) electrons. The molecule has 0 aromatic heterocycles. The van der Waals surface area contributed by atoms with Gasteiger partial charge in [0.25, 0.3) is 0 Å². The van der Waals surface area contributed by atoms with Crippen LogP contribution < -0.4 is 4.90 Å². The predicted octanol–water partition coefficient (Wildman–Crippen LogP) is 2.07. The molecule has 1 aromatic carbocycles.